The highest BCUT2D eigenvalue weighted by atomic mass is 16.5. The van der Waals surface area contributed by atoms with Gasteiger partial charge < -0.3 is 4.74 Å². The molecule has 0 aliphatic heterocycles. The number of hydrogen-bond acceptors (Lipinski definition) is 4. The first-order valence-corrected chi connectivity index (χ1v) is 9.33. The van der Waals surface area contributed by atoms with E-state index in [4.69, 9.17) is 4.74 Å². The Kier molecular flexibility index (Phi) is 5.11. The number of rotatable bonds is 3. The SMILES string of the molecule is Cc1cc(C(C)(C)C)cc(C)c1COC(=O)c1nn(C)c(=O)c2ccccc12. The molecule has 1 aromatic heterocycles. The number of carbonyl (C=O) groups excluding carboxylic acids is 1. The maximum absolute atomic E-state index is 12.7. The molecule has 0 unspecified atom stereocenters. The molecule has 1 heterocycles. The van der Waals surface area contributed by atoms with Crippen molar-refractivity contribution in [2.75, 3.05) is 0 Å². The second-order valence-electron chi connectivity index (χ2n) is 8.24. The van der Waals surface area contributed by atoms with Gasteiger partial charge in [0.25, 0.3) is 5.56 Å². The highest BCUT2D eigenvalue weighted by Crippen LogP contribution is 2.27. The fourth-order valence-corrected chi connectivity index (χ4v) is 3.31. The van der Waals surface area contributed by atoms with E-state index in [0.29, 0.717) is 10.8 Å². The Hall–Kier alpha value is -2.95. The third-order valence-corrected chi connectivity index (χ3v) is 5.06. The Morgan fingerprint density at radius 1 is 1.07 bits per heavy atom. The van der Waals surface area contributed by atoms with Crippen molar-refractivity contribution in [2.24, 2.45) is 7.05 Å². The largest absolute Gasteiger partial charge is 0.456 e. The minimum atomic E-state index is -0.537. The molecular weight excluding hydrogens is 352 g/mol. The van der Waals surface area contributed by atoms with Crippen LogP contribution < -0.4 is 5.56 Å². The molecule has 0 saturated carbocycles. The van der Waals surface area contributed by atoms with E-state index in [-0.39, 0.29) is 23.3 Å². The van der Waals surface area contributed by atoms with Gasteiger partial charge in [0.1, 0.15) is 6.61 Å². The predicted octanol–water partition coefficient (Wildman–Crippen LogP) is 4.20. The number of aromatic nitrogens is 2. The van der Waals surface area contributed by atoms with Gasteiger partial charge in [-0.2, -0.15) is 5.10 Å². The van der Waals surface area contributed by atoms with Crippen LogP contribution in [0.15, 0.2) is 41.2 Å². The molecule has 0 atom stereocenters. The molecule has 5 heteroatoms. The number of benzene rings is 2. The van der Waals surface area contributed by atoms with Crippen LogP contribution in [0.2, 0.25) is 0 Å². The average molecular weight is 378 g/mol. The molecule has 3 rings (SSSR count). The highest BCUT2D eigenvalue weighted by molar-refractivity contribution is 6.02. The van der Waals surface area contributed by atoms with Crippen LogP contribution in [0, 0.1) is 13.8 Å². The van der Waals surface area contributed by atoms with E-state index in [1.165, 1.54) is 17.3 Å². The standard InChI is InChI=1S/C23H26N2O3/c1-14-11-16(23(3,4)5)12-15(2)19(14)13-28-22(27)20-17-9-7-8-10-18(17)21(26)25(6)24-20/h7-12H,13H2,1-6H3. The molecule has 0 saturated heterocycles. The minimum Gasteiger partial charge on any atom is -0.456 e. The fraction of sp³-hybridized carbons (Fsp3) is 0.348. The smallest absolute Gasteiger partial charge is 0.359 e. The number of fused-ring (bicyclic) bond motifs is 1. The lowest BCUT2D eigenvalue weighted by molar-refractivity contribution is 0.0464. The van der Waals surface area contributed by atoms with Crippen LogP contribution in [0.4, 0.5) is 0 Å². The van der Waals surface area contributed by atoms with Crippen molar-refractivity contribution in [1.29, 1.82) is 0 Å². The summed E-state index contributed by atoms with van der Waals surface area (Å²) >= 11 is 0. The first kappa shape index (κ1) is 19.8. The molecule has 0 aliphatic carbocycles. The Bertz CT molecular complexity index is 1100. The molecule has 28 heavy (non-hydrogen) atoms. The van der Waals surface area contributed by atoms with Gasteiger partial charge in [-0.15, -0.1) is 0 Å². The Morgan fingerprint density at radius 2 is 1.64 bits per heavy atom. The number of nitrogens with zero attached hydrogens (tertiary/aromatic N) is 2. The third kappa shape index (κ3) is 3.70. The van der Waals surface area contributed by atoms with Gasteiger partial charge in [0.05, 0.1) is 5.39 Å². The number of ether oxygens (including phenoxy) is 1. The quantitative estimate of drug-likeness (QED) is 0.641. The number of hydrogen-bond donors (Lipinski definition) is 0. The molecule has 0 amide bonds. The second-order valence-corrected chi connectivity index (χ2v) is 8.24. The van der Waals surface area contributed by atoms with Gasteiger partial charge >= 0.3 is 5.97 Å². The maximum Gasteiger partial charge on any atom is 0.359 e. The van der Waals surface area contributed by atoms with Crippen LogP contribution in [0.1, 0.15) is 53.5 Å². The number of aryl methyl sites for hydroxylation is 3. The molecule has 0 spiro atoms. The van der Waals surface area contributed by atoms with E-state index in [2.05, 4.69) is 38.0 Å². The molecular formula is C23H26N2O3. The zero-order chi connectivity index (χ0) is 20.6. The molecule has 5 nitrogen and oxygen atoms in total. The van der Waals surface area contributed by atoms with Gasteiger partial charge in [-0.25, -0.2) is 9.48 Å². The lowest BCUT2D eigenvalue weighted by Crippen LogP contribution is -2.24. The van der Waals surface area contributed by atoms with E-state index in [9.17, 15) is 9.59 Å². The zero-order valence-corrected chi connectivity index (χ0v) is 17.3. The lowest BCUT2D eigenvalue weighted by Gasteiger charge is -2.22. The third-order valence-electron chi connectivity index (χ3n) is 5.06. The molecule has 2 aromatic carbocycles. The van der Waals surface area contributed by atoms with Crippen molar-refractivity contribution in [3.8, 4) is 0 Å². The first-order valence-electron chi connectivity index (χ1n) is 9.33. The summed E-state index contributed by atoms with van der Waals surface area (Å²) in [6, 6.07) is 11.2. The van der Waals surface area contributed by atoms with Crippen molar-refractivity contribution in [2.45, 2.75) is 46.6 Å². The van der Waals surface area contributed by atoms with E-state index in [0.717, 1.165) is 16.7 Å². The van der Waals surface area contributed by atoms with Gasteiger partial charge in [0.15, 0.2) is 5.69 Å². The number of carbonyl (C=O) groups is 1. The summed E-state index contributed by atoms with van der Waals surface area (Å²) < 4.78 is 6.76. The van der Waals surface area contributed by atoms with E-state index >= 15 is 0 Å². The summed E-state index contributed by atoms with van der Waals surface area (Å²) in [5.41, 5.74) is 4.41. The van der Waals surface area contributed by atoms with Crippen molar-refractivity contribution in [3.63, 3.8) is 0 Å². The molecule has 0 N–H and O–H groups in total. The molecule has 0 bridgehead atoms. The van der Waals surface area contributed by atoms with Gasteiger partial charge in [0, 0.05) is 12.4 Å². The van der Waals surface area contributed by atoms with Crippen molar-refractivity contribution >= 4 is 16.7 Å². The molecule has 0 radical (unpaired) electrons. The second kappa shape index (κ2) is 7.23. The van der Waals surface area contributed by atoms with Crippen LogP contribution in [-0.2, 0) is 23.8 Å². The Balaban J connectivity index is 1.91. The van der Waals surface area contributed by atoms with E-state index in [1.807, 2.05) is 13.8 Å². The summed E-state index contributed by atoms with van der Waals surface area (Å²) in [5, 5.41) is 5.09. The predicted molar refractivity (Wildman–Crippen MR) is 111 cm³/mol. The topological polar surface area (TPSA) is 61.2 Å². The molecule has 146 valence electrons. The zero-order valence-electron chi connectivity index (χ0n) is 17.3. The van der Waals surface area contributed by atoms with E-state index < -0.39 is 5.97 Å². The lowest BCUT2D eigenvalue weighted by atomic mass is 9.84. The van der Waals surface area contributed by atoms with Crippen molar-refractivity contribution < 1.29 is 9.53 Å². The molecule has 0 aliphatic rings. The van der Waals surface area contributed by atoms with Gasteiger partial charge in [0.2, 0.25) is 0 Å². The van der Waals surface area contributed by atoms with Gasteiger partial charge in [-0.1, -0.05) is 51.1 Å². The van der Waals surface area contributed by atoms with Gasteiger partial charge in [-0.3, -0.25) is 4.79 Å². The van der Waals surface area contributed by atoms with Crippen molar-refractivity contribution in [1.82, 2.24) is 9.78 Å². The van der Waals surface area contributed by atoms with Crippen molar-refractivity contribution in [3.05, 3.63) is 74.7 Å². The Morgan fingerprint density at radius 3 is 2.21 bits per heavy atom. The Labute approximate surface area is 165 Å². The summed E-state index contributed by atoms with van der Waals surface area (Å²) in [6.07, 6.45) is 0. The fourth-order valence-electron chi connectivity index (χ4n) is 3.31. The van der Waals surface area contributed by atoms with Crippen LogP contribution in [0.5, 0.6) is 0 Å². The van der Waals surface area contributed by atoms with E-state index in [1.54, 1.807) is 24.3 Å². The van der Waals surface area contributed by atoms with Crippen LogP contribution in [0.3, 0.4) is 0 Å². The van der Waals surface area contributed by atoms with Crippen LogP contribution >= 0.6 is 0 Å². The summed E-state index contributed by atoms with van der Waals surface area (Å²) in [6.45, 7) is 10.8. The highest BCUT2D eigenvalue weighted by Gasteiger charge is 2.19. The van der Waals surface area contributed by atoms with Gasteiger partial charge in [-0.05, 0) is 47.6 Å². The molecule has 3 aromatic rings. The normalized spacial score (nSPS) is 11.6. The summed E-state index contributed by atoms with van der Waals surface area (Å²) in [7, 11) is 1.53. The van der Waals surface area contributed by atoms with Crippen LogP contribution in [0.25, 0.3) is 10.8 Å². The summed E-state index contributed by atoms with van der Waals surface area (Å²) in [4.78, 5) is 25.0. The maximum atomic E-state index is 12.7. The summed E-state index contributed by atoms with van der Waals surface area (Å²) in [5.74, 6) is -0.537. The number of esters is 1. The average Bonchev–Trinajstić information content (AvgIpc) is 2.63. The minimum absolute atomic E-state index is 0.0579. The van der Waals surface area contributed by atoms with Crippen LogP contribution in [-0.4, -0.2) is 15.7 Å². The first-order chi connectivity index (χ1) is 13.1. The monoisotopic (exact) mass is 378 g/mol. The molecule has 0 fully saturated rings.